The number of rotatable bonds is 1. The van der Waals surface area contributed by atoms with Gasteiger partial charge in [0.2, 0.25) is 0 Å². The molecule has 0 aromatic heterocycles. The quantitative estimate of drug-likeness (QED) is 0.627. The van der Waals surface area contributed by atoms with Gasteiger partial charge < -0.3 is 0 Å². The molecule has 0 nitrogen and oxygen atoms in total. The Morgan fingerprint density at radius 2 is 1.19 bits per heavy atom. The predicted molar refractivity (Wildman–Crippen MR) is 90.5 cm³/mol. The van der Waals surface area contributed by atoms with Crippen LogP contribution in [0.25, 0.3) is 21.9 Å². The van der Waals surface area contributed by atoms with Crippen molar-refractivity contribution in [1.82, 2.24) is 0 Å². The minimum Gasteiger partial charge on any atom is -0.0616 e. The molecule has 0 heterocycles. The molecule has 21 heavy (non-hydrogen) atoms. The Labute approximate surface area is 125 Å². The molecule has 0 N–H and O–H groups in total. The lowest BCUT2D eigenvalue weighted by Crippen LogP contribution is -2.22. The van der Waals surface area contributed by atoms with E-state index in [0.29, 0.717) is 5.92 Å². The van der Waals surface area contributed by atoms with Gasteiger partial charge in [0.1, 0.15) is 0 Å². The Morgan fingerprint density at radius 3 is 1.90 bits per heavy atom. The second kappa shape index (κ2) is 4.60. The first kappa shape index (κ1) is 12.4. The summed E-state index contributed by atoms with van der Waals surface area (Å²) in [5, 5.41) is 5.52. The van der Waals surface area contributed by atoms with Gasteiger partial charge in [-0.25, -0.2) is 0 Å². The predicted octanol–water partition coefficient (Wildman–Crippen LogP) is 3.98. The normalized spacial score (nSPS) is 14.8. The fraction of sp³-hybridized carbons (Fsp3) is 0.143. The lowest BCUT2D eigenvalue weighted by molar-refractivity contribution is 1.13. The molecular formula is C21H18. The third kappa shape index (κ3) is 1.76. The van der Waals surface area contributed by atoms with Crippen molar-refractivity contribution in [3.8, 4) is 0 Å². The third-order valence-corrected chi connectivity index (χ3v) is 4.78. The molecule has 0 atom stereocenters. The van der Waals surface area contributed by atoms with Crippen molar-refractivity contribution in [1.29, 1.82) is 0 Å². The first-order valence-electron chi connectivity index (χ1n) is 7.51. The highest BCUT2D eigenvalue weighted by atomic mass is 14.3. The van der Waals surface area contributed by atoms with Crippen LogP contribution in [0.5, 0.6) is 0 Å². The lowest BCUT2D eigenvalue weighted by atomic mass is 9.86. The summed E-state index contributed by atoms with van der Waals surface area (Å²) in [4.78, 5) is 0. The van der Waals surface area contributed by atoms with Crippen molar-refractivity contribution in [2.45, 2.75) is 19.8 Å². The van der Waals surface area contributed by atoms with Crippen LogP contribution in [0.3, 0.4) is 0 Å². The highest BCUT2D eigenvalue weighted by Crippen LogP contribution is 2.37. The topological polar surface area (TPSA) is 0 Å². The van der Waals surface area contributed by atoms with Gasteiger partial charge in [0, 0.05) is 5.92 Å². The van der Waals surface area contributed by atoms with E-state index in [1.54, 1.807) is 0 Å². The van der Waals surface area contributed by atoms with Crippen LogP contribution < -0.4 is 10.4 Å². The average Bonchev–Trinajstić information content (AvgIpc) is 2.79. The summed E-state index contributed by atoms with van der Waals surface area (Å²) in [6.07, 6.45) is 0. The minimum atomic E-state index is 0.411. The highest BCUT2D eigenvalue weighted by Gasteiger charge is 2.23. The maximum absolute atomic E-state index is 2.28. The van der Waals surface area contributed by atoms with E-state index in [0.717, 1.165) is 0 Å². The fourth-order valence-corrected chi connectivity index (χ4v) is 3.78. The van der Waals surface area contributed by atoms with E-state index in [4.69, 9.17) is 0 Å². The Kier molecular flexibility index (Phi) is 2.71. The van der Waals surface area contributed by atoms with Crippen LogP contribution in [-0.4, -0.2) is 0 Å². The Bertz CT molecular complexity index is 914. The van der Waals surface area contributed by atoms with Crippen molar-refractivity contribution in [2.24, 2.45) is 0 Å². The van der Waals surface area contributed by atoms with Gasteiger partial charge in [-0.3, -0.25) is 0 Å². The molecule has 1 aliphatic carbocycles. The van der Waals surface area contributed by atoms with E-state index in [-0.39, 0.29) is 0 Å². The van der Waals surface area contributed by atoms with Gasteiger partial charge in [0.15, 0.2) is 0 Å². The molecule has 0 aliphatic heterocycles. The fourth-order valence-electron chi connectivity index (χ4n) is 3.78. The molecule has 0 amide bonds. The first-order valence-corrected chi connectivity index (χ1v) is 7.51. The van der Waals surface area contributed by atoms with Crippen LogP contribution in [0.2, 0.25) is 0 Å². The number of fused-ring (bicyclic) bond motifs is 2. The molecule has 0 saturated carbocycles. The highest BCUT2D eigenvalue weighted by molar-refractivity contribution is 5.91. The minimum absolute atomic E-state index is 0.411. The molecule has 0 heteroatoms. The SMILES string of the molecule is CC1=c2ccccc2=C(C)C1c1cccc2ccccc12. The summed E-state index contributed by atoms with van der Waals surface area (Å²) < 4.78 is 0. The second-order valence-electron chi connectivity index (χ2n) is 5.91. The maximum atomic E-state index is 2.28. The number of benzene rings is 3. The van der Waals surface area contributed by atoms with Crippen LogP contribution in [0.4, 0.5) is 0 Å². The van der Waals surface area contributed by atoms with Crippen molar-refractivity contribution in [2.75, 3.05) is 0 Å². The average molecular weight is 270 g/mol. The molecule has 102 valence electrons. The molecule has 3 aromatic carbocycles. The monoisotopic (exact) mass is 270 g/mol. The molecular weight excluding hydrogens is 252 g/mol. The number of hydrogen-bond acceptors (Lipinski definition) is 0. The standard InChI is InChI=1S/C21H18/c1-14-17-10-5-6-11-18(17)15(2)21(14)20-13-7-9-16-8-3-4-12-19(16)20/h3-13,21H,1-2H3. The van der Waals surface area contributed by atoms with E-state index in [9.17, 15) is 0 Å². The van der Waals surface area contributed by atoms with E-state index >= 15 is 0 Å². The Hall–Kier alpha value is -2.34. The van der Waals surface area contributed by atoms with E-state index < -0.39 is 0 Å². The zero-order chi connectivity index (χ0) is 14.4. The van der Waals surface area contributed by atoms with Crippen LogP contribution in [0, 0.1) is 0 Å². The zero-order valence-corrected chi connectivity index (χ0v) is 12.4. The lowest BCUT2D eigenvalue weighted by Gasteiger charge is -2.18. The molecule has 0 radical (unpaired) electrons. The molecule has 0 bridgehead atoms. The van der Waals surface area contributed by atoms with Gasteiger partial charge in [0.05, 0.1) is 0 Å². The van der Waals surface area contributed by atoms with Gasteiger partial charge in [-0.1, -0.05) is 77.9 Å². The van der Waals surface area contributed by atoms with E-state index in [1.807, 2.05) is 0 Å². The van der Waals surface area contributed by atoms with E-state index in [2.05, 4.69) is 80.6 Å². The molecule has 0 spiro atoms. The summed E-state index contributed by atoms with van der Waals surface area (Å²) in [5.41, 5.74) is 4.37. The van der Waals surface area contributed by atoms with Crippen LogP contribution in [-0.2, 0) is 0 Å². The second-order valence-corrected chi connectivity index (χ2v) is 5.91. The summed E-state index contributed by atoms with van der Waals surface area (Å²) in [5.74, 6) is 0.411. The summed E-state index contributed by atoms with van der Waals surface area (Å²) in [6, 6.07) is 24.1. The van der Waals surface area contributed by atoms with Gasteiger partial charge >= 0.3 is 0 Å². The summed E-state index contributed by atoms with van der Waals surface area (Å²) >= 11 is 0. The largest absolute Gasteiger partial charge is 0.0616 e. The van der Waals surface area contributed by atoms with Gasteiger partial charge in [-0.15, -0.1) is 0 Å². The van der Waals surface area contributed by atoms with Crippen molar-refractivity contribution < 1.29 is 0 Å². The molecule has 0 fully saturated rings. The maximum Gasteiger partial charge on any atom is 0.0276 e. The van der Waals surface area contributed by atoms with Crippen LogP contribution in [0.1, 0.15) is 25.3 Å². The first-order chi connectivity index (χ1) is 10.3. The number of hydrogen-bond donors (Lipinski definition) is 0. The molecule has 4 rings (SSSR count). The summed E-state index contributed by atoms with van der Waals surface area (Å²) in [6.45, 7) is 4.56. The van der Waals surface area contributed by atoms with Crippen LogP contribution in [0.15, 0.2) is 66.7 Å². The van der Waals surface area contributed by atoms with E-state index in [1.165, 1.54) is 37.9 Å². The molecule has 3 aromatic rings. The molecule has 0 unspecified atom stereocenters. The van der Waals surface area contributed by atoms with Crippen molar-refractivity contribution in [3.05, 3.63) is 82.7 Å². The van der Waals surface area contributed by atoms with Crippen molar-refractivity contribution >= 4 is 21.9 Å². The molecule has 1 aliphatic rings. The van der Waals surface area contributed by atoms with Crippen LogP contribution >= 0.6 is 0 Å². The van der Waals surface area contributed by atoms with Crippen molar-refractivity contribution in [3.63, 3.8) is 0 Å². The van der Waals surface area contributed by atoms with Gasteiger partial charge in [-0.05, 0) is 40.6 Å². The van der Waals surface area contributed by atoms with Gasteiger partial charge in [0.25, 0.3) is 0 Å². The third-order valence-electron chi connectivity index (χ3n) is 4.78. The molecule has 0 saturated heterocycles. The Morgan fingerprint density at radius 1 is 0.619 bits per heavy atom. The zero-order valence-electron chi connectivity index (χ0n) is 12.4. The summed E-state index contributed by atoms with van der Waals surface area (Å²) in [7, 11) is 0. The smallest absolute Gasteiger partial charge is 0.0276 e. The Balaban J connectivity index is 2.06. The van der Waals surface area contributed by atoms with Gasteiger partial charge in [-0.2, -0.15) is 0 Å².